The minimum Gasteiger partial charge on any atom is -0.496 e. The van der Waals surface area contributed by atoms with Crippen molar-refractivity contribution in [3.05, 3.63) is 66.2 Å². The Bertz CT molecular complexity index is 1160. The SMILES string of the molecule is COc1cc(C(=O)N2C[C@]3(C)C[C@H]2CC(C)(C)C3)ccc1-c1ccc2ccccc2c1. The third kappa shape index (κ3) is 3.60. The molecule has 3 nitrogen and oxygen atoms in total. The highest BCUT2D eigenvalue weighted by Gasteiger charge is 2.51. The van der Waals surface area contributed by atoms with Crippen LogP contribution >= 0.6 is 0 Å². The van der Waals surface area contributed by atoms with Gasteiger partial charge < -0.3 is 9.64 Å². The quantitative estimate of drug-likeness (QED) is 0.487. The fourth-order valence-electron chi connectivity index (χ4n) is 6.28. The van der Waals surface area contributed by atoms with Gasteiger partial charge in [-0.2, -0.15) is 0 Å². The van der Waals surface area contributed by atoms with Gasteiger partial charge in [0.05, 0.1) is 7.11 Å². The smallest absolute Gasteiger partial charge is 0.254 e. The zero-order valence-corrected chi connectivity index (χ0v) is 18.9. The van der Waals surface area contributed by atoms with Gasteiger partial charge in [0.15, 0.2) is 0 Å². The molecule has 1 amide bonds. The van der Waals surface area contributed by atoms with Crippen LogP contribution in [0.3, 0.4) is 0 Å². The number of nitrogens with zero attached hydrogens (tertiary/aromatic N) is 1. The number of rotatable bonds is 3. The molecule has 0 N–H and O–H groups in total. The molecule has 1 aliphatic heterocycles. The number of likely N-dealkylation sites (tertiary alicyclic amines) is 1. The van der Waals surface area contributed by atoms with E-state index in [1.807, 2.05) is 18.2 Å². The molecule has 2 bridgehead atoms. The molecule has 0 radical (unpaired) electrons. The molecule has 1 saturated heterocycles. The third-order valence-electron chi connectivity index (χ3n) is 7.18. The van der Waals surface area contributed by atoms with Gasteiger partial charge in [-0.15, -0.1) is 0 Å². The molecule has 3 aromatic carbocycles. The normalized spacial score (nSPS) is 24.4. The second-order valence-electron chi connectivity index (χ2n) is 10.6. The van der Waals surface area contributed by atoms with Crippen molar-refractivity contribution in [2.45, 2.75) is 46.1 Å². The van der Waals surface area contributed by atoms with E-state index < -0.39 is 0 Å². The van der Waals surface area contributed by atoms with E-state index in [1.54, 1.807) is 7.11 Å². The zero-order chi connectivity index (χ0) is 21.8. The summed E-state index contributed by atoms with van der Waals surface area (Å²) in [6.45, 7) is 7.88. The molecule has 0 aromatic heterocycles. The number of ether oxygens (including phenoxy) is 1. The fourth-order valence-corrected chi connectivity index (χ4v) is 6.28. The van der Waals surface area contributed by atoms with Gasteiger partial charge in [-0.1, -0.05) is 57.2 Å². The molecule has 1 aliphatic carbocycles. The Labute approximate surface area is 185 Å². The number of amides is 1. The van der Waals surface area contributed by atoms with E-state index in [0.717, 1.165) is 41.8 Å². The van der Waals surface area contributed by atoms with Crippen molar-refractivity contribution in [2.75, 3.05) is 13.7 Å². The molecule has 31 heavy (non-hydrogen) atoms. The van der Waals surface area contributed by atoms with Crippen LogP contribution < -0.4 is 4.74 Å². The van der Waals surface area contributed by atoms with Crippen LogP contribution in [-0.4, -0.2) is 30.5 Å². The van der Waals surface area contributed by atoms with Gasteiger partial charge in [-0.3, -0.25) is 4.79 Å². The maximum atomic E-state index is 13.5. The first kappa shape index (κ1) is 20.1. The molecule has 1 heterocycles. The number of methoxy groups -OCH3 is 1. The first-order valence-electron chi connectivity index (χ1n) is 11.3. The van der Waals surface area contributed by atoms with E-state index in [2.05, 4.69) is 68.1 Å². The lowest BCUT2D eigenvalue weighted by Crippen LogP contribution is -2.37. The van der Waals surface area contributed by atoms with Crippen LogP contribution in [0.4, 0.5) is 0 Å². The summed E-state index contributed by atoms with van der Waals surface area (Å²) in [5, 5.41) is 2.41. The summed E-state index contributed by atoms with van der Waals surface area (Å²) < 4.78 is 5.73. The minimum absolute atomic E-state index is 0.134. The number of fused-ring (bicyclic) bond motifs is 3. The zero-order valence-electron chi connectivity index (χ0n) is 18.9. The van der Waals surface area contributed by atoms with Crippen molar-refractivity contribution in [2.24, 2.45) is 10.8 Å². The Morgan fingerprint density at radius 3 is 2.52 bits per heavy atom. The van der Waals surface area contributed by atoms with Crippen LogP contribution in [0.15, 0.2) is 60.7 Å². The predicted octanol–water partition coefficient (Wildman–Crippen LogP) is 6.56. The molecule has 3 heteroatoms. The van der Waals surface area contributed by atoms with Crippen molar-refractivity contribution in [3.63, 3.8) is 0 Å². The number of benzene rings is 3. The Kier molecular flexibility index (Phi) is 4.62. The summed E-state index contributed by atoms with van der Waals surface area (Å²) in [5.74, 6) is 0.879. The van der Waals surface area contributed by atoms with Crippen molar-refractivity contribution in [1.29, 1.82) is 0 Å². The van der Waals surface area contributed by atoms with Crippen molar-refractivity contribution in [3.8, 4) is 16.9 Å². The first-order valence-corrected chi connectivity index (χ1v) is 11.3. The Balaban J connectivity index is 1.47. The molecule has 2 atom stereocenters. The Hall–Kier alpha value is -2.81. The molecule has 160 valence electrons. The van der Waals surface area contributed by atoms with Crippen LogP contribution in [0.5, 0.6) is 5.75 Å². The van der Waals surface area contributed by atoms with E-state index in [-0.39, 0.29) is 11.3 Å². The van der Waals surface area contributed by atoms with Crippen LogP contribution in [0, 0.1) is 10.8 Å². The van der Waals surface area contributed by atoms with Crippen LogP contribution in [0.25, 0.3) is 21.9 Å². The molecule has 2 aliphatic rings. The Morgan fingerprint density at radius 1 is 0.968 bits per heavy atom. The lowest BCUT2D eigenvalue weighted by atomic mass is 9.65. The molecule has 0 spiro atoms. The molecule has 3 aromatic rings. The van der Waals surface area contributed by atoms with E-state index in [1.165, 1.54) is 17.2 Å². The number of carbonyl (C=O) groups excluding carboxylic acids is 1. The highest BCUT2D eigenvalue weighted by molar-refractivity contribution is 5.96. The average Bonchev–Trinajstić information content (AvgIpc) is 3.00. The van der Waals surface area contributed by atoms with E-state index >= 15 is 0 Å². The monoisotopic (exact) mass is 413 g/mol. The second kappa shape index (κ2) is 7.12. The minimum atomic E-state index is 0.134. The highest BCUT2D eigenvalue weighted by atomic mass is 16.5. The van der Waals surface area contributed by atoms with Crippen molar-refractivity contribution in [1.82, 2.24) is 4.90 Å². The fraction of sp³-hybridized carbons (Fsp3) is 0.393. The maximum Gasteiger partial charge on any atom is 0.254 e. The summed E-state index contributed by atoms with van der Waals surface area (Å²) in [6, 6.07) is 21.0. The van der Waals surface area contributed by atoms with Crippen molar-refractivity contribution < 1.29 is 9.53 Å². The van der Waals surface area contributed by atoms with Gasteiger partial charge in [-0.05, 0) is 70.7 Å². The molecule has 5 rings (SSSR count). The summed E-state index contributed by atoms with van der Waals surface area (Å²) >= 11 is 0. The van der Waals surface area contributed by atoms with Gasteiger partial charge in [0.25, 0.3) is 5.91 Å². The lowest BCUT2D eigenvalue weighted by Gasteiger charge is -2.39. The number of hydrogen-bond donors (Lipinski definition) is 0. The van der Waals surface area contributed by atoms with Crippen LogP contribution in [0.1, 0.15) is 50.4 Å². The summed E-state index contributed by atoms with van der Waals surface area (Å²) in [4.78, 5) is 15.6. The molecular formula is C28H31NO2. The lowest BCUT2D eigenvalue weighted by molar-refractivity contribution is 0.0708. The topological polar surface area (TPSA) is 29.5 Å². The summed E-state index contributed by atoms with van der Waals surface area (Å²) in [5.41, 5.74) is 3.36. The first-order chi connectivity index (χ1) is 14.8. The Morgan fingerprint density at radius 2 is 1.74 bits per heavy atom. The van der Waals surface area contributed by atoms with Gasteiger partial charge >= 0.3 is 0 Å². The molecular weight excluding hydrogens is 382 g/mol. The molecule has 1 saturated carbocycles. The van der Waals surface area contributed by atoms with Gasteiger partial charge in [-0.25, -0.2) is 0 Å². The average molecular weight is 414 g/mol. The van der Waals surface area contributed by atoms with Crippen molar-refractivity contribution >= 4 is 16.7 Å². The van der Waals surface area contributed by atoms with Gasteiger partial charge in [0.1, 0.15) is 5.75 Å². The number of carbonyl (C=O) groups is 1. The predicted molar refractivity (Wildman–Crippen MR) is 126 cm³/mol. The molecule has 2 fully saturated rings. The maximum absolute atomic E-state index is 13.5. The largest absolute Gasteiger partial charge is 0.496 e. The van der Waals surface area contributed by atoms with E-state index in [9.17, 15) is 4.79 Å². The standard InChI is InChI=1S/C28H31NO2/c1-27(2)15-23-16-28(3,17-27)18-29(23)26(30)22-11-12-24(25(14-22)31-4)21-10-9-19-7-5-6-8-20(19)13-21/h5-14,23H,15-18H2,1-4H3/t23-,28-/m1/s1. The van der Waals surface area contributed by atoms with Crippen LogP contribution in [-0.2, 0) is 0 Å². The third-order valence-corrected chi connectivity index (χ3v) is 7.18. The van der Waals surface area contributed by atoms with E-state index in [4.69, 9.17) is 4.74 Å². The second-order valence-corrected chi connectivity index (χ2v) is 10.6. The highest BCUT2D eigenvalue weighted by Crippen LogP contribution is 2.52. The number of hydrogen-bond acceptors (Lipinski definition) is 2. The van der Waals surface area contributed by atoms with Gasteiger partial charge in [0, 0.05) is 23.7 Å². The van der Waals surface area contributed by atoms with Gasteiger partial charge in [0.2, 0.25) is 0 Å². The van der Waals surface area contributed by atoms with Crippen LogP contribution in [0.2, 0.25) is 0 Å². The summed E-state index contributed by atoms with van der Waals surface area (Å²) in [6.07, 6.45) is 3.39. The van der Waals surface area contributed by atoms with E-state index in [0.29, 0.717) is 11.5 Å². The summed E-state index contributed by atoms with van der Waals surface area (Å²) in [7, 11) is 1.68. The molecule has 0 unspecified atom stereocenters.